The quantitative estimate of drug-likeness (QED) is 0.779. The number of H-pyrrole nitrogens is 2. The van der Waals surface area contributed by atoms with Crippen molar-refractivity contribution in [3.63, 3.8) is 0 Å². The fourth-order valence-electron chi connectivity index (χ4n) is 2.34. The summed E-state index contributed by atoms with van der Waals surface area (Å²) in [4.78, 5) is 28.9. The molecule has 0 spiro atoms. The molecule has 1 heterocycles. The Bertz CT molecular complexity index is 894. The third kappa shape index (κ3) is 2.56. The van der Waals surface area contributed by atoms with Crippen LogP contribution in [-0.4, -0.2) is 17.1 Å². The molecule has 5 heteroatoms. The lowest BCUT2D eigenvalue weighted by atomic mass is 10.0. The van der Waals surface area contributed by atoms with Gasteiger partial charge >= 0.3 is 5.69 Å². The Morgan fingerprint density at radius 2 is 1.50 bits per heavy atom. The highest BCUT2D eigenvalue weighted by Gasteiger charge is 2.13. The Morgan fingerprint density at radius 3 is 2.14 bits per heavy atom. The van der Waals surface area contributed by atoms with Crippen molar-refractivity contribution < 1.29 is 4.74 Å². The predicted octanol–water partition coefficient (Wildman–Crippen LogP) is 2.41. The van der Waals surface area contributed by atoms with E-state index in [-0.39, 0.29) is 0 Å². The van der Waals surface area contributed by atoms with Crippen molar-refractivity contribution in [2.75, 3.05) is 7.11 Å². The summed E-state index contributed by atoms with van der Waals surface area (Å²) < 4.78 is 5.13. The molecule has 0 saturated carbocycles. The van der Waals surface area contributed by atoms with Crippen LogP contribution in [0.25, 0.3) is 22.4 Å². The number of nitrogens with one attached hydrogen (secondary N) is 2. The minimum atomic E-state index is -0.527. The molecule has 0 bridgehead atoms. The maximum atomic E-state index is 12.3. The second kappa shape index (κ2) is 5.73. The van der Waals surface area contributed by atoms with E-state index in [1.54, 1.807) is 31.4 Å². The number of aromatic amines is 2. The molecule has 0 atom stereocenters. The highest BCUT2D eigenvalue weighted by molar-refractivity contribution is 5.79. The number of hydrogen-bond acceptors (Lipinski definition) is 3. The van der Waals surface area contributed by atoms with E-state index in [1.807, 2.05) is 30.3 Å². The van der Waals surface area contributed by atoms with Crippen molar-refractivity contribution in [1.82, 2.24) is 9.97 Å². The van der Waals surface area contributed by atoms with Crippen molar-refractivity contribution in [2.24, 2.45) is 0 Å². The van der Waals surface area contributed by atoms with Crippen molar-refractivity contribution in [3.8, 4) is 28.1 Å². The third-order valence-electron chi connectivity index (χ3n) is 3.38. The minimum absolute atomic E-state index is 0.423. The van der Waals surface area contributed by atoms with Gasteiger partial charge in [0.1, 0.15) is 5.75 Å². The van der Waals surface area contributed by atoms with Gasteiger partial charge < -0.3 is 9.72 Å². The number of hydrogen-bond donors (Lipinski definition) is 2. The molecule has 0 fully saturated rings. The van der Waals surface area contributed by atoms with Gasteiger partial charge in [0.2, 0.25) is 0 Å². The van der Waals surface area contributed by atoms with Crippen LogP contribution in [-0.2, 0) is 0 Å². The molecule has 110 valence electrons. The highest BCUT2D eigenvalue weighted by atomic mass is 16.5. The van der Waals surface area contributed by atoms with E-state index >= 15 is 0 Å². The molecule has 22 heavy (non-hydrogen) atoms. The lowest BCUT2D eigenvalue weighted by Gasteiger charge is -2.09. The standard InChI is InChI=1S/C17H14N2O3/c1-22-13-9-7-11(8-10-13)14-15(12-5-3-2-4-6-12)18-17(21)19-16(14)20/h2-10H,1H3,(H2,18,19,20,21). The van der Waals surface area contributed by atoms with Crippen molar-refractivity contribution in [3.05, 3.63) is 75.4 Å². The van der Waals surface area contributed by atoms with E-state index < -0.39 is 11.2 Å². The molecule has 0 unspecified atom stereocenters. The summed E-state index contributed by atoms with van der Waals surface area (Å²) in [7, 11) is 1.58. The van der Waals surface area contributed by atoms with Crippen molar-refractivity contribution in [2.45, 2.75) is 0 Å². The SMILES string of the molecule is COc1ccc(-c2c(-c3ccccc3)[nH]c(=O)[nH]c2=O)cc1. The first kappa shape index (κ1) is 13.9. The molecule has 5 nitrogen and oxygen atoms in total. The van der Waals surface area contributed by atoms with E-state index in [2.05, 4.69) is 9.97 Å². The van der Waals surface area contributed by atoms with Gasteiger partial charge in [0.05, 0.1) is 18.4 Å². The number of benzene rings is 2. The molecule has 0 aliphatic heterocycles. The van der Waals surface area contributed by atoms with Gasteiger partial charge in [0.25, 0.3) is 5.56 Å². The number of rotatable bonds is 3. The zero-order valence-corrected chi connectivity index (χ0v) is 11.9. The summed E-state index contributed by atoms with van der Waals surface area (Å²) in [6, 6.07) is 16.4. The lowest BCUT2D eigenvalue weighted by Crippen LogP contribution is -2.24. The summed E-state index contributed by atoms with van der Waals surface area (Å²) in [5.74, 6) is 0.700. The van der Waals surface area contributed by atoms with Crippen LogP contribution < -0.4 is 16.0 Å². The second-order valence-electron chi connectivity index (χ2n) is 4.75. The van der Waals surface area contributed by atoms with Gasteiger partial charge in [-0.1, -0.05) is 42.5 Å². The van der Waals surface area contributed by atoms with Crippen LogP contribution in [0.15, 0.2) is 64.2 Å². The first-order chi connectivity index (χ1) is 10.7. The molecule has 1 aromatic heterocycles. The fraction of sp³-hybridized carbons (Fsp3) is 0.0588. The van der Waals surface area contributed by atoms with Crippen LogP contribution in [0.3, 0.4) is 0 Å². The Balaban J connectivity index is 2.26. The average molecular weight is 294 g/mol. The summed E-state index contributed by atoms with van der Waals surface area (Å²) in [6.45, 7) is 0. The molecule has 2 N–H and O–H groups in total. The van der Waals surface area contributed by atoms with E-state index in [1.165, 1.54) is 0 Å². The summed E-state index contributed by atoms with van der Waals surface area (Å²) in [5, 5.41) is 0. The normalized spacial score (nSPS) is 10.4. The monoisotopic (exact) mass is 294 g/mol. The van der Waals surface area contributed by atoms with Gasteiger partial charge in [-0.25, -0.2) is 4.79 Å². The smallest absolute Gasteiger partial charge is 0.326 e. The molecule has 3 rings (SSSR count). The second-order valence-corrected chi connectivity index (χ2v) is 4.75. The Hall–Kier alpha value is -3.08. The fourth-order valence-corrected chi connectivity index (χ4v) is 2.34. The van der Waals surface area contributed by atoms with Crippen LogP contribution >= 0.6 is 0 Å². The first-order valence-electron chi connectivity index (χ1n) is 6.75. The maximum Gasteiger partial charge on any atom is 0.326 e. The molecule has 3 aromatic rings. The van der Waals surface area contributed by atoms with E-state index in [4.69, 9.17) is 4.74 Å². The summed E-state index contributed by atoms with van der Waals surface area (Å²) in [6.07, 6.45) is 0. The van der Waals surface area contributed by atoms with Crippen LogP contribution in [0.1, 0.15) is 0 Å². The van der Waals surface area contributed by atoms with E-state index in [0.717, 1.165) is 5.56 Å². The van der Waals surface area contributed by atoms with Crippen LogP contribution in [0, 0.1) is 0 Å². The molecular formula is C17H14N2O3. The van der Waals surface area contributed by atoms with Gasteiger partial charge in [0.15, 0.2) is 0 Å². The van der Waals surface area contributed by atoms with Gasteiger partial charge in [-0.05, 0) is 23.3 Å². The van der Waals surface area contributed by atoms with E-state index in [9.17, 15) is 9.59 Å². The third-order valence-corrected chi connectivity index (χ3v) is 3.38. The maximum absolute atomic E-state index is 12.3. The Morgan fingerprint density at radius 1 is 0.818 bits per heavy atom. The molecule has 0 saturated heterocycles. The molecule has 2 aromatic carbocycles. The summed E-state index contributed by atoms with van der Waals surface area (Å²) in [5.41, 5.74) is 1.45. The number of methoxy groups -OCH3 is 1. The van der Waals surface area contributed by atoms with Crippen molar-refractivity contribution >= 4 is 0 Å². The first-order valence-corrected chi connectivity index (χ1v) is 6.75. The molecular weight excluding hydrogens is 280 g/mol. The molecule has 0 radical (unpaired) electrons. The van der Waals surface area contributed by atoms with Crippen LogP contribution in [0.4, 0.5) is 0 Å². The highest BCUT2D eigenvalue weighted by Crippen LogP contribution is 2.27. The van der Waals surface area contributed by atoms with Gasteiger partial charge in [0, 0.05) is 0 Å². The largest absolute Gasteiger partial charge is 0.497 e. The van der Waals surface area contributed by atoms with Gasteiger partial charge in [-0.2, -0.15) is 0 Å². The zero-order valence-electron chi connectivity index (χ0n) is 11.9. The summed E-state index contributed by atoms with van der Waals surface area (Å²) >= 11 is 0. The average Bonchev–Trinajstić information content (AvgIpc) is 2.55. The zero-order chi connectivity index (χ0) is 15.5. The molecule has 0 amide bonds. The van der Waals surface area contributed by atoms with Gasteiger partial charge in [-0.3, -0.25) is 9.78 Å². The van der Waals surface area contributed by atoms with Gasteiger partial charge in [-0.15, -0.1) is 0 Å². The number of aromatic nitrogens is 2. The Labute approximate surface area is 126 Å². The van der Waals surface area contributed by atoms with Crippen molar-refractivity contribution in [1.29, 1.82) is 0 Å². The van der Waals surface area contributed by atoms with Crippen LogP contribution in [0.5, 0.6) is 5.75 Å². The lowest BCUT2D eigenvalue weighted by molar-refractivity contribution is 0.415. The number of ether oxygens (including phenoxy) is 1. The van der Waals surface area contributed by atoms with Crippen LogP contribution in [0.2, 0.25) is 0 Å². The topological polar surface area (TPSA) is 75.0 Å². The molecule has 0 aliphatic carbocycles. The van der Waals surface area contributed by atoms with E-state index in [0.29, 0.717) is 22.6 Å². The predicted molar refractivity (Wildman–Crippen MR) is 85.1 cm³/mol. The minimum Gasteiger partial charge on any atom is -0.497 e. The Kier molecular flexibility index (Phi) is 3.62. The molecule has 0 aliphatic rings.